The molecule has 0 amide bonds. The zero-order chi connectivity index (χ0) is 13.0. The van der Waals surface area contributed by atoms with Crippen LogP contribution < -0.4 is 5.32 Å². The van der Waals surface area contributed by atoms with Crippen LogP contribution in [0.5, 0.6) is 0 Å². The van der Waals surface area contributed by atoms with Crippen LogP contribution in [-0.4, -0.2) is 16.5 Å². The maximum absolute atomic E-state index is 13.2. The first kappa shape index (κ1) is 12.9. The van der Waals surface area contributed by atoms with Gasteiger partial charge in [0.2, 0.25) is 0 Å². The van der Waals surface area contributed by atoms with E-state index in [1.807, 2.05) is 6.92 Å². The second-order valence-electron chi connectivity index (χ2n) is 3.80. The summed E-state index contributed by atoms with van der Waals surface area (Å²) in [4.78, 5) is 8.12. The van der Waals surface area contributed by atoms with Crippen molar-refractivity contribution >= 4 is 11.6 Å². The number of pyridine rings is 2. The molecule has 0 bridgehead atoms. The van der Waals surface area contributed by atoms with Crippen LogP contribution in [0.3, 0.4) is 0 Å². The number of aromatic nitrogens is 2. The van der Waals surface area contributed by atoms with E-state index in [9.17, 15) is 4.39 Å². The second kappa shape index (κ2) is 5.89. The highest BCUT2D eigenvalue weighted by atomic mass is 35.5. The van der Waals surface area contributed by atoms with E-state index in [0.717, 1.165) is 0 Å². The summed E-state index contributed by atoms with van der Waals surface area (Å²) < 4.78 is 13.2. The van der Waals surface area contributed by atoms with Gasteiger partial charge in [0.15, 0.2) is 0 Å². The molecule has 18 heavy (non-hydrogen) atoms. The molecule has 2 heterocycles. The van der Waals surface area contributed by atoms with Gasteiger partial charge in [0.1, 0.15) is 5.82 Å². The number of rotatable bonds is 4. The van der Waals surface area contributed by atoms with Gasteiger partial charge in [0.25, 0.3) is 0 Å². The van der Waals surface area contributed by atoms with E-state index in [-0.39, 0.29) is 11.9 Å². The van der Waals surface area contributed by atoms with Crippen LogP contribution in [-0.2, 0) is 0 Å². The predicted molar refractivity (Wildman–Crippen MR) is 69.0 cm³/mol. The van der Waals surface area contributed by atoms with Crippen molar-refractivity contribution in [3.05, 3.63) is 58.9 Å². The largest absolute Gasteiger partial charge is 0.305 e. The van der Waals surface area contributed by atoms with Crippen LogP contribution >= 0.6 is 11.6 Å². The molecule has 94 valence electrons. The van der Waals surface area contributed by atoms with E-state index in [1.54, 1.807) is 24.5 Å². The van der Waals surface area contributed by atoms with Gasteiger partial charge < -0.3 is 5.32 Å². The standard InChI is InChI=1S/C13H13ClFN3/c1-2-17-12(9-6-10(15)8-16-7-9)13-11(14)4-3-5-18-13/h3-8,12,17H,2H2,1H3. The monoisotopic (exact) mass is 265 g/mol. The Kier molecular flexibility index (Phi) is 4.23. The summed E-state index contributed by atoms with van der Waals surface area (Å²) in [5.41, 5.74) is 1.38. The zero-order valence-electron chi connectivity index (χ0n) is 9.90. The summed E-state index contributed by atoms with van der Waals surface area (Å²) in [5.74, 6) is -0.373. The smallest absolute Gasteiger partial charge is 0.141 e. The third-order valence-electron chi connectivity index (χ3n) is 2.53. The minimum absolute atomic E-state index is 0.258. The van der Waals surface area contributed by atoms with Crippen LogP contribution in [0.1, 0.15) is 24.2 Å². The zero-order valence-corrected chi connectivity index (χ0v) is 10.7. The fraction of sp³-hybridized carbons (Fsp3) is 0.231. The molecule has 0 aliphatic carbocycles. The summed E-state index contributed by atoms with van der Waals surface area (Å²) in [6, 6.07) is 4.71. The number of halogens is 2. The third kappa shape index (κ3) is 2.83. The Bertz CT molecular complexity index is 533. The molecule has 2 aromatic heterocycles. The Balaban J connectivity index is 2.43. The molecule has 0 radical (unpaired) electrons. The molecule has 0 saturated carbocycles. The lowest BCUT2D eigenvalue weighted by atomic mass is 10.0. The maximum Gasteiger partial charge on any atom is 0.141 e. The Labute approximate surface area is 110 Å². The van der Waals surface area contributed by atoms with E-state index in [4.69, 9.17) is 11.6 Å². The molecule has 0 spiro atoms. The highest BCUT2D eigenvalue weighted by Crippen LogP contribution is 2.26. The fourth-order valence-electron chi connectivity index (χ4n) is 1.77. The topological polar surface area (TPSA) is 37.8 Å². The van der Waals surface area contributed by atoms with Gasteiger partial charge in [-0.2, -0.15) is 0 Å². The second-order valence-corrected chi connectivity index (χ2v) is 4.20. The van der Waals surface area contributed by atoms with Crippen molar-refractivity contribution in [3.8, 4) is 0 Å². The number of nitrogens with zero attached hydrogens (tertiary/aromatic N) is 2. The lowest BCUT2D eigenvalue weighted by Gasteiger charge is -2.18. The van der Waals surface area contributed by atoms with Crippen molar-refractivity contribution in [2.45, 2.75) is 13.0 Å². The Morgan fingerprint density at radius 3 is 2.94 bits per heavy atom. The number of hydrogen-bond donors (Lipinski definition) is 1. The van der Waals surface area contributed by atoms with Gasteiger partial charge in [0.05, 0.1) is 23.0 Å². The minimum atomic E-state index is -0.373. The molecule has 0 aromatic carbocycles. The van der Waals surface area contributed by atoms with Crippen LogP contribution in [0, 0.1) is 5.82 Å². The van der Waals surface area contributed by atoms with Gasteiger partial charge in [-0.05, 0) is 30.3 Å². The summed E-state index contributed by atoms with van der Waals surface area (Å²) in [5, 5.41) is 3.78. The first-order chi connectivity index (χ1) is 8.72. The molecular weight excluding hydrogens is 253 g/mol. The van der Waals surface area contributed by atoms with Crippen molar-refractivity contribution in [2.24, 2.45) is 0 Å². The molecule has 0 fully saturated rings. The highest BCUT2D eigenvalue weighted by Gasteiger charge is 2.18. The molecule has 0 saturated heterocycles. The van der Waals surface area contributed by atoms with Crippen molar-refractivity contribution in [1.82, 2.24) is 15.3 Å². The van der Waals surface area contributed by atoms with Gasteiger partial charge in [0, 0.05) is 12.4 Å². The van der Waals surface area contributed by atoms with Gasteiger partial charge >= 0.3 is 0 Å². The quantitative estimate of drug-likeness (QED) is 0.924. The number of nitrogens with one attached hydrogen (secondary N) is 1. The van der Waals surface area contributed by atoms with Gasteiger partial charge in [-0.3, -0.25) is 9.97 Å². The van der Waals surface area contributed by atoms with E-state index >= 15 is 0 Å². The number of hydrogen-bond acceptors (Lipinski definition) is 3. The van der Waals surface area contributed by atoms with E-state index in [2.05, 4.69) is 15.3 Å². The van der Waals surface area contributed by atoms with E-state index in [1.165, 1.54) is 12.3 Å². The highest BCUT2D eigenvalue weighted by molar-refractivity contribution is 6.31. The molecular formula is C13H13ClFN3. The molecule has 1 atom stereocenters. The molecule has 2 aromatic rings. The lowest BCUT2D eigenvalue weighted by Crippen LogP contribution is -2.23. The van der Waals surface area contributed by atoms with Crippen LogP contribution in [0.25, 0.3) is 0 Å². The van der Waals surface area contributed by atoms with E-state index in [0.29, 0.717) is 22.8 Å². The molecule has 1 N–H and O–H groups in total. The fourth-order valence-corrected chi connectivity index (χ4v) is 2.00. The predicted octanol–water partition coefficient (Wildman–Crippen LogP) is 2.97. The Morgan fingerprint density at radius 2 is 2.28 bits per heavy atom. The van der Waals surface area contributed by atoms with Gasteiger partial charge in [-0.25, -0.2) is 4.39 Å². The minimum Gasteiger partial charge on any atom is -0.305 e. The summed E-state index contributed by atoms with van der Waals surface area (Å²) >= 11 is 6.13. The first-order valence-electron chi connectivity index (χ1n) is 5.66. The molecule has 0 aliphatic rings. The molecule has 3 nitrogen and oxygen atoms in total. The van der Waals surface area contributed by atoms with Crippen molar-refractivity contribution < 1.29 is 4.39 Å². The average Bonchev–Trinajstić information content (AvgIpc) is 2.37. The summed E-state index contributed by atoms with van der Waals surface area (Å²) in [6.45, 7) is 2.69. The van der Waals surface area contributed by atoms with Crippen molar-refractivity contribution in [3.63, 3.8) is 0 Å². The molecule has 5 heteroatoms. The normalized spacial score (nSPS) is 12.4. The van der Waals surface area contributed by atoms with Crippen LogP contribution in [0.4, 0.5) is 4.39 Å². The first-order valence-corrected chi connectivity index (χ1v) is 6.04. The van der Waals surface area contributed by atoms with Crippen molar-refractivity contribution in [2.75, 3.05) is 6.54 Å². The maximum atomic E-state index is 13.2. The molecule has 1 unspecified atom stereocenters. The Morgan fingerprint density at radius 1 is 1.44 bits per heavy atom. The molecule has 0 aliphatic heterocycles. The molecule has 2 rings (SSSR count). The Hall–Kier alpha value is -1.52. The summed E-state index contributed by atoms with van der Waals surface area (Å²) in [6.07, 6.45) is 4.45. The van der Waals surface area contributed by atoms with Crippen molar-refractivity contribution in [1.29, 1.82) is 0 Å². The van der Waals surface area contributed by atoms with E-state index < -0.39 is 0 Å². The van der Waals surface area contributed by atoms with Crippen LogP contribution in [0.15, 0.2) is 36.8 Å². The SMILES string of the molecule is CCNC(c1cncc(F)c1)c1ncccc1Cl. The van der Waals surface area contributed by atoms with Gasteiger partial charge in [-0.15, -0.1) is 0 Å². The third-order valence-corrected chi connectivity index (χ3v) is 2.85. The summed E-state index contributed by atoms with van der Waals surface area (Å²) in [7, 11) is 0. The average molecular weight is 266 g/mol. The van der Waals surface area contributed by atoms with Gasteiger partial charge in [-0.1, -0.05) is 18.5 Å². The van der Waals surface area contributed by atoms with Crippen LogP contribution in [0.2, 0.25) is 5.02 Å². The lowest BCUT2D eigenvalue weighted by molar-refractivity contribution is 0.589.